The molecule has 0 aliphatic carbocycles. The molecule has 0 saturated carbocycles. The third-order valence-electron chi connectivity index (χ3n) is 2.43. The summed E-state index contributed by atoms with van der Waals surface area (Å²) in [5, 5.41) is 22.0. The highest BCUT2D eigenvalue weighted by atomic mass is 16.6. The number of rotatable bonds is 5. The van der Waals surface area contributed by atoms with Crippen LogP contribution in [0.3, 0.4) is 0 Å². The van der Waals surface area contributed by atoms with Crippen LogP contribution in [0.15, 0.2) is 12.1 Å². The number of anilines is 1. The molecule has 0 spiro atoms. The zero-order valence-corrected chi connectivity index (χ0v) is 12.8. The molecule has 0 aliphatic heterocycles. The number of hydrogen-bond donors (Lipinski definition) is 2. The van der Waals surface area contributed by atoms with Crippen molar-refractivity contribution in [1.82, 2.24) is 15.5 Å². The van der Waals surface area contributed by atoms with Gasteiger partial charge in [-0.25, -0.2) is 4.79 Å². The lowest BCUT2D eigenvalue weighted by atomic mass is 10.2. The Balaban J connectivity index is 2.28. The maximum atomic E-state index is 11.6. The molecule has 0 saturated heterocycles. The smallest absolute Gasteiger partial charge is 0.407 e. The summed E-state index contributed by atoms with van der Waals surface area (Å²) in [6, 6.07) is 5.16. The average Bonchev–Trinajstić information content (AvgIpc) is 2.37. The topological polar surface area (TPSA) is 99.9 Å². The molecule has 0 aromatic carbocycles. The van der Waals surface area contributed by atoms with E-state index in [1.165, 1.54) is 0 Å². The van der Waals surface area contributed by atoms with Crippen molar-refractivity contribution >= 4 is 11.9 Å². The highest BCUT2D eigenvalue weighted by molar-refractivity contribution is 5.68. The largest absolute Gasteiger partial charge is 0.444 e. The van der Waals surface area contributed by atoms with Crippen LogP contribution >= 0.6 is 0 Å². The molecule has 0 radical (unpaired) electrons. The van der Waals surface area contributed by atoms with Crippen LogP contribution < -0.4 is 10.6 Å². The molecule has 7 heteroatoms. The second-order valence-electron chi connectivity index (χ2n) is 5.68. The quantitative estimate of drug-likeness (QED) is 0.861. The zero-order chi connectivity index (χ0) is 15.9. The summed E-state index contributed by atoms with van der Waals surface area (Å²) in [5.41, 5.74) is -0.222. The number of ether oxygens (including phenoxy) is 1. The highest BCUT2D eigenvalue weighted by Gasteiger charge is 2.17. The third-order valence-corrected chi connectivity index (χ3v) is 2.43. The van der Waals surface area contributed by atoms with E-state index < -0.39 is 11.7 Å². The molecule has 21 heavy (non-hydrogen) atoms. The van der Waals surface area contributed by atoms with Crippen molar-refractivity contribution < 1.29 is 9.53 Å². The summed E-state index contributed by atoms with van der Waals surface area (Å²) in [7, 11) is 0. The molecular formula is C14H21N5O2. The molecule has 1 heterocycles. The van der Waals surface area contributed by atoms with E-state index in [-0.39, 0.29) is 11.7 Å². The van der Waals surface area contributed by atoms with E-state index in [9.17, 15) is 4.79 Å². The molecule has 1 rings (SSSR count). The molecule has 1 aromatic heterocycles. The minimum Gasteiger partial charge on any atom is -0.444 e. The van der Waals surface area contributed by atoms with Gasteiger partial charge in [0.2, 0.25) is 0 Å². The van der Waals surface area contributed by atoms with Gasteiger partial charge in [-0.3, -0.25) is 0 Å². The standard InChI is InChI=1S/C14H21N5O2/c1-10(17-13(20)21-14(2,3)4)7-8-16-12-6-5-11(9-15)18-19-12/h5-6,10H,7-8H2,1-4H3,(H,16,19)(H,17,20). The van der Waals surface area contributed by atoms with Crippen LogP contribution in [0.5, 0.6) is 0 Å². The Morgan fingerprint density at radius 3 is 2.67 bits per heavy atom. The number of aromatic nitrogens is 2. The fraction of sp³-hybridized carbons (Fsp3) is 0.571. The fourth-order valence-electron chi connectivity index (χ4n) is 1.48. The SMILES string of the molecule is CC(CCNc1ccc(C#N)nn1)NC(=O)OC(C)(C)C. The van der Waals surface area contributed by atoms with Gasteiger partial charge in [0.15, 0.2) is 5.69 Å². The highest BCUT2D eigenvalue weighted by Crippen LogP contribution is 2.07. The first-order valence-electron chi connectivity index (χ1n) is 6.77. The van der Waals surface area contributed by atoms with Crippen molar-refractivity contribution in [3.05, 3.63) is 17.8 Å². The molecule has 1 atom stereocenters. The van der Waals surface area contributed by atoms with E-state index in [1.807, 2.05) is 33.8 Å². The van der Waals surface area contributed by atoms with E-state index in [2.05, 4.69) is 20.8 Å². The Morgan fingerprint density at radius 1 is 1.43 bits per heavy atom. The number of carbonyl (C=O) groups excluding carboxylic acids is 1. The first kappa shape index (κ1) is 16.7. The van der Waals surface area contributed by atoms with Crippen molar-refractivity contribution in [2.45, 2.75) is 45.8 Å². The summed E-state index contributed by atoms with van der Waals surface area (Å²) < 4.78 is 5.18. The van der Waals surface area contributed by atoms with Crippen LogP contribution in [0.4, 0.5) is 10.6 Å². The van der Waals surface area contributed by atoms with Gasteiger partial charge < -0.3 is 15.4 Å². The Bertz CT molecular complexity index is 502. The van der Waals surface area contributed by atoms with E-state index in [0.29, 0.717) is 18.8 Å². The van der Waals surface area contributed by atoms with Gasteiger partial charge in [0.1, 0.15) is 17.5 Å². The van der Waals surface area contributed by atoms with Gasteiger partial charge in [-0.05, 0) is 46.2 Å². The number of amides is 1. The number of nitrogens with one attached hydrogen (secondary N) is 2. The Morgan fingerprint density at radius 2 is 2.14 bits per heavy atom. The lowest BCUT2D eigenvalue weighted by Gasteiger charge is -2.22. The molecule has 0 bridgehead atoms. The van der Waals surface area contributed by atoms with Gasteiger partial charge in [0, 0.05) is 12.6 Å². The van der Waals surface area contributed by atoms with Crippen molar-refractivity contribution in [2.24, 2.45) is 0 Å². The molecule has 0 fully saturated rings. The molecule has 1 aromatic rings. The monoisotopic (exact) mass is 291 g/mol. The summed E-state index contributed by atoms with van der Waals surface area (Å²) >= 11 is 0. The van der Waals surface area contributed by atoms with Crippen molar-refractivity contribution in [3.8, 4) is 6.07 Å². The molecule has 2 N–H and O–H groups in total. The normalized spacial score (nSPS) is 12.1. The summed E-state index contributed by atoms with van der Waals surface area (Å²) in [6.07, 6.45) is 0.286. The molecule has 114 valence electrons. The minimum absolute atomic E-state index is 0.0290. The van der Waals surface area contributed by atoms with Crippen molar-refractivity contribution in [1.29, 1.82) is 5.26 Å². The number of hydrogen-bond acceptors (Lipinski definition) is 6. The second-order valence-corrected chi connectivity index (χ2v) is 5.68. The fourth-order valence-corrected chi connectivity index (χ4v) is 1.48. The van der Waals surface area contributed by atoms with Crippen LogP contribution in [-0.4, -0.2) is 34.5 Å². The lowest BCUT2D eigenvalue weighted by molar-refractivity contribution is 0.0507. The second kappa shape index (κ2) is 7.43. The van der Waals surface area contributed by atoms with Crippen LogP contribution in [0.1, 0.15) is 39.8 Å². The summed E-state index contributed by atoms with van der Waals surface area (Å²) in [5.74, 6) is 0.596. The molecule has 0 aliphatic rings. The number of carbonyl (C=O) groups is 1. The van der Waals surface area contributed by atoms with Crippen molar-refractivity contribution in [2.75, 3.05) is 11.9 Å². The van der Waals surface area contributed by atoms with Gasteiger partial charge in [-0.15, -0.1) is 10.2 Å². The zero-order valence-electron chi connectivity index (χ0n) is 12.8. The van der Waals surface area contributed by atoms with Crippen LogP contribution in [0, 0.1) is 11.3 Å². The Hall–Kier alpha value is -2.36. The van der Waals surface area contributed by atoms with E-state index in [4.69, 9.17) is 10.00 Å². The first-order valence-corrected chi connectivity index (χ1v) is 6.77. The molecule has 1 unspecified atom stereocenters. The number of nitrogens with zero attached hydrogens (tertiary/aromatic N) is 3. The molecular weight excluding hydrogens is 270 g/mol. The molecule has 1 amide bonds. The number of nitriles is 1. The lowest BCUT2D eigenvalue weighted by Crippen LogP contribution is -2.38. The molecule has 7 nitrogen and oxygen atoms in total. The van der Waals surface area contributed by atoms with E-state index in [0.717, 1.165) is 0 Å². The predicted octanol–water partition coefficient (Wildman–Crippen LogP) is 2.06. The van der Waals surface area contributed by atoms with Crippen molar-refractivity contribution in [3.63, 3.8) is 0 Å². The van der Waals surface area contributed by atoms with Gasteiger partial charge in [0.25, 0.3) is 0 Å². The first-order chi connectivity index (χ1) is 9.80. The van der Waals surface area contributed by atoms with Gasteiger partial charge in [0.05, 0.1) is 0 Å². The summed E-state index contributed by atoms with van der Waals surface area (Å²) in [6.45, 7) is 7.99. The maximum Gasteiger partial charge on any atom is 0.407 e. The van der Waals surface area contributed by atoms with Crippen LogP contribution in [0.25, 0.3) is 0 Å². The Labute approximate surface area is 124 Å². The number of alkyl carbamates (subject to hydrolysis) is 1. The van der Waals surface area contributed by atoms with E-state index >= 15 is 0 Å². The van der Waals surface area contributed by atoms with E-state index in [1.54, 1.807) is 12.1 Å². The van der Waals surface area contributed by atoms with Gasteiger partial charge in [-0.2, -0.15) is 5.26 Å². The van der Waals surface area contributed by atoms with Gasteiger partial charge >= 0.3 is 6.09 Å². The minimum atomic E-state index is -0.500. The maximum absolute atomic E-state index is 11.6. The van der Waals surface area contributed by atoms with Gasteiger partial charge in [-0.1, -0.05) is 0 Å². The average molecular weight is 291 g/mol. The van der Waals surface area contributed by atoms with Crippen LogP contribution in [-0.2, 0) is 4.74 Å². The predicted molar refractivity (Wildman–Crippen MR) is 78.7 cm³/mol. The summed E-state index contributed by atoms with van der Waals surface area (Å²) in [4.78, 5) is 11.6. The third kappa shape index (κ3) is 7.11. The Kier molecular flexibility index (Phi) is 5.91. The van der Waals surface area contributed by atoms with Crippen LogP contribution in [0.2, 0.25) is 0 Å².